The summed E-state index contributed by atoms with van der Waals surface area (Å²) in [6.07, 6.45) is 2.76. The molecule has 1 aromatic rings. The van der Waals surface area contributed by atoms with Gasteiger partial charge in [0.2, 0.25) is 0 Å². The lowest BCUT2D eigenvalue weighted by Crippen LogP contribution is -2.22. The first-order chi connectivity index (χ1) is 9.00. The number of hydrogen-bond donors (Lipinski definition) is 4. The van der Waals surface area contributed by atoms with Crippen molar-refractivity contribution < 1.29 is 19.5 Å². The van der Waals surface area contributed by atoms with Gasteiger partial charge in [-0.05, 0) is 37.1 Å². The van der Waals surface area contributed by atoms with Gasteiger partial charge in [0.25, 0.3) is 0 Å². The van der Waals surface area contributed by atoms with Crippen LogP contribution in [0.1, 0.15) is 24.5 Å². The molecule has 1 rings (SSSR count). The Bertz CT molecular complexity index is 425. The van der Waals surface area contributed by atoms with Crippen molar-refractivity contribution in [1.82, 2.24) is 5.32 Å². The van der Waals surface area contributed by atoms with Crippen LogP contribution in [0, 0.1) is 0 Å². The average molecular weight is 287 g/mol. The van der Waals surface area contributed by atoms with Crippen LogP contribution in [0.3, 0.4) is 0 Å². The molecule has 0 fully saturated rings. The maximum atomic E-state index is 10.8. The fourth-order valence-corrected chi connectivity index (χ4v) is 2.27. The van der Waals surface area contributed by atoms with Gasteiger partial charge in [-0.2, -0.15) is 0 Å². The highest BCUT2D eigenvalue weighted by atomic mass is 32.2. The summed E-state index contributed by atoms with van der Waals surface area (Å²) in [5.74, 6) is 0.272. The molecule has 0 amide bonds. The van der Waals surface area contributed by atoms with Gasteiger partial charge in [-0.15, -0.1) is 0 Å². The van der Waals surface area contributed by atoms with E-state index >= 15 is 0 Å². The molecule has 2 atom stereocenters. The summed E-state index contributed by atoms with van der Waals surface area (Å²) in [4.78, 5) is 0. The Hall–Kier alpha value is -1.11. The Labute approximate surface area is 115 Å². The zero-order valence-corrected chi connectivity index (χ0v) is 11.8. The van der Waals surface area contributed by atoms with Crippen LogP contribution in [-0.2, 0) is 10.8 Å². The molecule has 108 valence electrons. The number of aliphatic hydroxyl groups is 1. The van der Waals surface area contributed by atoms with E-state index in [4.69, 9.17) is 0 Å². The van der Waals surface area contributed by atoms with E-state index in [2.05, 4.69) is 5.32 Å². The molecule has 0 heterocycles. The topological polar surface area (TPSA) is 89.8 Å². The molecule has 1 unspecified atom stereocenters. The molecular formula is C13H21NO4S. The Morgan fingerprint density at radius 1 is 1.26 bits per heavy atom. The van der Waals surface area contributed by atoms with E-state index in [1.165, 1.54) is 12.1 Å². The molecule has 0 aliphatic carbocycles. The average Bonchev–Trinajstić information content (AvgIpc) is 2.36. The second-order valence-corrected chi connectivity index (χ2v) is 6.01. The van der Waals surface area contributed by atoms with Crippen LogP contribution in [0.15, 0.2) is 18.2 Å². The van der Waals surface area contributed by atoms with Gasteiger partial charge in [0, 0.05) is 29.4 Å². The number of rotatable bonds is 8. The fourth-order valence-electron chi connectivity index (χ4n) is 1.66. The van der Waals surface area contributed by atoms with Crippen molar-refractivity contribution in [3.8, 4) is 11.5 Å². The maximum absolute atomic E-state index is 10.8. The van der Waals surface area contributed by atoms with Gasteiger partial charge in [0.1, 0.15) is 0 Å². The Morgan fingerprint density at radius 2 is 2.00 bits per heavy atom. The molecule has 0 saturated carbocycles. The summed E-state index contributed by atoms with van der Waals surface area (Å²) in [6.45, 7) is 1.12. The van der Waals surface area contributed by atoms with Gasteiger partial charge in [-0.3, -0.25) is 4.21 Å². The number of phenols is 2. The molecule has 1 aromatic carbocycles. The highest BCUT2D eigenvalue weighted by molar-refractivity contribution is 7.84. The largest absolute Gasteiger partial charge is 0.504 e. The molecule has 6 heteroatoms. The maximum Gasteiger partial charge on any atom is 0.157 e. The predicted molar refractivity (Wildman–Crippen MR) is 75.8 cm³/mol. The summed E-state index contributed by atoms with van der Waals surface area (Å²) >= 11 is 0. The number of hydrogen-bond acceptors (Lipinski definition) is 5. The Morgan fingerprint density at radius 3 is 2.63 bits per heavy atom. The number of aromatic hydroxyl groups is 2. The van der Waals surface area contributed by atoms with Gasteiger partial charge in [0.05, 0.1) is 6.10 Å². The minimum absolute atomic E-state index is 0.198. The minimum atomic E-state index is -0.743. The van der Waals surface area contributed by atoms with Crippen LogP contribution in [0.4, 0.5) is 0 Å². The number of aliphatic hydroxyl groups excluding tert-OH is 1. The molecule has 0 radical (unpaired) electrons. The van der Waals surface area contributed by atoms with Crippen LogP contribution in [0.25, 0.3) is 0 Å². The molecule has 0 aromatic heterocycles. The van der Waals surface area contributed by atoms with Crippen molar-refractivity contribution in [3.05, 3.63) is 23.8 Å². The molecule has 0 aliphatic heterocycles. The van der Waals surface area contributed by atoms with Crippen molar-refractivity contribution in [2.45, 2.75) is 18.9 Å². The Balaban J connectivity index is 2.25. The third-order valence-corrected chi connectivity index (χ3v) is 3.62. The van der Waals surface area contributed by atoms with E-state index in [9.17, 15) is 19.5 Å². The summed E-state index contributed by atoms with van der Waals surface area (Å²) in [5, 5.41) is 31.5. The van der Waals surface area contributed by atoms with Crippen molar-refractivity contribution in [2.75, 3.05) is 25.1 Å². The molecule has 4 N–H and O–H groups in total. The fraction of sp³-hybridized carbons (Fsp3) is 0.538. The van der Waals surface area contributed by atoms with Crippen LogP contribution < -0.4 is 5.32 Å². The highest BCUT2D eigenvalue weighted by Crippen LogP contribution is 2.27. The predicted octanol–water partition coefficient (Wildman–Crippen LogP) is 0.879. The van der Waals surface area contributed by atoms with Crippen LogP contribution in [0.2, 0.25) is 0 Å². The van der Waals surface area contributed by atoms with Crippen molar-refractivity contribution in [2.24, 2.45) is 0 Å². The Kier molecular flexibility index (Phi) is 6.83. The highest BCUT2D eigenvalue weighted by Gasteiger charge is 2.09. The zero-order chi connectivity index (χ0) is 14.3. The first-order valence-electron chi connectivity index (χ1n) is 6.21. The monoisotopic (exact) mass is 287 g/mol. The van der Waals surface area contributed by atoms with E-state index in [0.717, 1.165) is 19.4 Å². The molecule has 0 bridgehead atoms. The van der Waals surface area contributed by atoms with E-state index in [1.54, 1.807) is 12.3 Å². The van der Waals surface area contributed by atoms with Gasteiger partial charge in [0.15, 0.2) is 11.5 Å². The summed E-state index contributed by atoms with van der Waals surface area (Å²) in [6, 6.07) is 4.27. The second kappa shape index (κ2) is 8.14. The molecule has 0 saturated heterocycles. The molecule has 5 nitrogen and oxygen atoms in total. The van der Waals surface area contributed by atoms with E-state index in [1.807, 2.05) is 0 Å². The SMILES string of the molecule is CS(=O)CCCCNC[C@H](O)c1ccc(O)c(O)c1. The first kappa shape index (κ1) is 15.9. The number of benzene rings is 1. The number of phenolic OH excluding ortho intramolecular Hbond substituents is 2. The summed E-state index contributed by atoms with van der Waals surface area (Å²) in [5.41, 5.74) is 0.553. The third-order valence-electron chi connectivity index (χ3n) is 2.76. The van der Waals surface area contributed by atoms with Gasteiger partial charge in [-0.1, -0.05) is 6.07 Å². The summed E-state index contributed by atoms with van der Waals surface area (Å²) in [7, 11) is -0.743. The van der Waals surface area contributed by atoms with Crippen molar-refractivity contribution in [1.29, 1.82) is 0 Å². The standard InChI is InChI=1S/C13H21NO4S/c1-19(18)7-3-2-6-14-9-13(17)10-4-5-11(15)12(16)8-10/h4-5,8,13-17H,2-3,6-7,9H2,1H3/t13-,19?/m0/s1. The lowest BCUT2D eigenvalue weighted by molar-refractivity contribution is 0.174. The molecule has 19 heavy (non-hydrogen) atoms. The third kappa shape index (κ3) is 6.04. The number of nitrogens with one attached hydrogen (secondary N) is 1. The second-order valence-electron chi connectivity index (χ2n) is 4.45. The first-order valence-corrected chi connectivity index (χ1v) is 7.94. The molecule has 0 spiro atoms. The van der Waals surface area contributed by atoms with Crippen molar-refractivity contribution >= 4 is 10.8 Å². The normalized spacial score (nSPS) is 14.2. The molecule has 0 aliphatic rings. The van der Waals surface area contributed by atoms with Gasteiger partial charge < -0.3 is 20.6 Å². The van der Waals surface area contributed by atoms with Crippen LogP contribution in [-0.4, -0.2) is 44.6 Å². The lowest BCUT2D eigenvalue weighted by atomic mass is 10.1. The lowest BCUT2D eigenvalue weighted by Gasteiger charge is -2.12. The van der Waals surface area contributed by atoms with Gasteiger partial charge >= 0.3 is 0 Å². The van der Waals surface area contributed by atoms with E-state index in [0.29, 0.717) is 17.9 Å². The smallest absolute Gasteiger partial charge is 0.157 e. The van der Waals surface area contributed by atoms with Crippen LogP contribution in [0.5, 0.6) is 11.5 Å². The minimum Gasteiger partial charge on any atom is -0.504 e. The quantitative estimate of drug-likeness (QED) is 0.421. The van der Waals surface area contributed by atoms with Crippen LogP contribution >= 0.6 is 0 Å². The summed E-state index contributed by atoms with van der Waals surface area (Å²) < 4.78 is 10.8. The van der Waals surface area contributed by atoms with E-state index < -0.39 is 16.9 Å². The van der Waals surface area contributed by atoms with Gasteiger partial charge in [-0.25, -0.2) is 0 Å². The number of unbranched alkanes of at least 4 members (excludes halogenated alkanes) is 1. The van der Waals surface area contributed by atoms with E-state index in [-0.39, 0.29) is 11.5 Å². The molecular weight excluding hydrogens is 266 g/mol. The van der Waals surface area contributed by atoms with Crippen molar-refractivity contribution in [3.63, 3.8) is 0 Å². The zero-order valence-electron chi connectivity index (χ0n) is 11.0.